The van der Waals surface area contributed by atoms with Crippen molar-refractivity contribution >= 4 is 43.7 Å². The highest BCUT2D eigenvalue weighted by atomic mass is 16.3. The molecule has 290 valence electrons. The van der Waals surface area contributed by atoms with Gasteiger partial charge in [-0.15, -0.1) is 0 Å². The number of para-hydroxylation sites is 3. The summed E-state index contributed by atoms with van der Waals surface area (Å²) in [6.07, 6.45) is 0. The molecule has 5 heteroatoms. The van der Waals surface area contributed by atoms with E-state index in [0.717, 1.165) is 88.7 Å². The summed E-state index contributed by atoms with van der Waals surface area (Å²) in [5.74, 6) is 1.76. The van der Waals surface area contributed by atoms with Crippen molar-refractivity contribution < 1.29 is 4.42 Å². The summed E-state index contributed by atoms with van der Waals surface area (Å²) in [5, 5.41) is 4.40. The van der Waals surface area contributed by atoms with Gasteiger partial charge in [0.25, 0.3) is 0 Å². The molecular weight excluding hydrogens is 757 g/mol. The lowest BCUT2D eigenvalue weighted by Gasteiger charge is -2.15. The molecule has 62 heavy (non-hydrogen) atoms. The maximum absolute atomic E-state index is 6.72. The summed E-state index contributed by atoms with van der Waals surface area (Å²) >= 11 is 0. The van der Waals surface area contributed by atoms with Crippen LogP contribution in [0.5, 0.6) is 0 Å². The van der Waals surface area contributed by atoms with Crippen LogP contribution in [0, 0.1) is 0 Å². The van der Waals surface area contributed by atoms with E-state index in [9.17, 15) is 0 Å². The van der Waals surface area contributed by atoms with E-state index in [4.69, 9.17) is 19.4 Å². The zero-order chi connectivity index (χ0) is 41.0. The van der Waals surface area contributed by atoms with Gasteiger partial charge in [-0.3, -0.25) is 0 Å². The number of aromatic nitrogens is 4. The topological polar surface area (TPSA) is 56.7 Å². The summed E-state index contributed by atoms with van der Waals surface area (Å²) < 4.78 is 9.11. The van der Waals surface area contributed by atoms with Gasteiger partial charge in [0.15, 0.2) is 17.5 Å². The lowest BCUT2D eigenvalue weighted by Crippen LogP contribution is -2.01. The highest BCUT2D eigenvalue weighted by molar-refractivity contribution is 6.18. The van der Waals surface area contributed by atoms with Crippen LogP contribution < -0.4 is 0 Å². The first kappa shape index (κ1) is 35.5. The van der Waals surface area contributed by atoms with Crippen molar-refractivity contribution in [2.24, 2.45) is 0 Å². The number of benzene rings is 9. The first-order chi connectivity index (χ1) is 30.7. The van der Waals surface area contributed by atoms with E-state index in [1.807, 2.05) is 24.3 Å². The van der Waals surface area contributed by atoms with Crippen LogP contribution >= 0.6 is 0 Å². The molecule has 0 saturated carbocycles. The number of fused-ring (bicyclic) bond motifs is 6. The fourth-order valence-corrected chi connectivity index (χ4v) is 9.02. The minimum Gasteiger partial charge on any atom is -0.456 e. The first-order valence-corrected chi connectivity index (χ1v) is 20.9. The van der Waals surface area contributed by atoms with Gasteiger partial charge in [-0.1, -0.05) is 182 Å². The summed E-state index contributed by atoms with van der Waals surface area (Å²) in [7, 11) is 0. The third kappa shape index (κ3) is 5.98. The SMILES string of the molecule is c1ccc(-c2ccc(-c3nc(-c4cccc(-c5ccccc5)c4)nc(-c4cccc5oc6cccc(-c7ccccc7-n7c8ccccc8c8ccccc87)c6c45)n3)cc2)cc1. The quantitative estimate of drug-likeness (QED) is 0.161. The Morgan fingerprint density at radius 3 is 1.45 bits per heavy atom. The molecule has 12 rings (SSSR count). The minimum absolute atomic E-state index is 0.570. The summed E-state index contributed by atoms with van der Waals surface area (Å²) in [4.78, 5) is 15.7. The van der Waals surface area contributed by atoms with Crippen molar-refractivity contribution in [3.05, 3.63) is 218 Å². The Labute approximate surface area is 357 Å². The van der Waals surface area contributed by atoms with E-state index >= 15 is 0 Å². The molecular formula is C57H36N4O. The zero-order valence-corrected chi connectivity index (χ0v) is 33.5. The van der Waals surface area contributed by atoms with Crippen LogP contribution in [0.1, 0.15) is 0 Å². The molecule has 0 aliphatic heterocycles. The Hall–Kier alpha value is -8.41. The van der Waals surface area contributed by atoms with Gasteiger partial charge in [0.2, 0.25) is 0 Å². The number of nitrogens with zero attached hydrogens (tertiary/aromatic N) is 4. The van der Waals surface area contributed by atoms with E-state index in [-0.39, 0.29) is 0 Å². The van der Waals surface area contributed by atoms with Crippen LogP contribution in [-0.2, 0) is 0 Å². The van der Waals surface area contributed by atoms with Gasteiger partial charge in [-0.05, 0) is 64.2 Å². The second-order valence-corrected chi connectivity index (χ2v) is 15.5. The Bertz CT molecular complexity index is 3570. The molecule has 5 nitrogen and oxygen atoms in total. The van der Waals surface area contributed by atoms with Gasteiger partial charge in [0.05, 0.1) is 16.7 Å². The first-order valence-electron chi connectivity index (χ1n) is 20.9. The molecule has 0 saturated heterocycles. The molecule has 0 aliphatic rings. The molecule has 0 atom stereocenters. The zero-order valence-electron chi connectivity index (χ0n) is 33.5. The molecule has 3 heterocycles. The maximum atomic E-state index is 6.72. The third-order valence-electron chi connectivity index (χ3n) is 11.9. The van der Waals surface area contributed by atoms with Crippen LogP contribution in [0.3, 0.4) is 0 Å². The largest absolute Gasteiger partial charge is 0.456 e. The van der Waals surface area contributed by atoms with Crippen LogP contribution in [0.4, 0.5) is 0 Å². The van der Waals surface area contributed by atoms with E-state index in [1.54, 1.807) is 0 Å². The molecule has 0 spiro atoms. The number of hydrogen-bond acceptors (Lipinski definition) is 4. The van der Waals surface area contributed by atoms with Crippen molar-refractivity contribution in [1.29, 1.82) is 0 Å². The van der Waals surface area contributed by atoms with E-state index in [2.05, 4.69) is 199 Å². The van der Waals surface area contributed by atoms with Crippen molar-refractivity contribution in [3.8, 4) is 73.2 Å². The van der Waals surface area contributed by atoms with E-state index in [0.29, 0.717) is 17.5 Å². The molecule has 12 aromatic rings. The molecule has 3 aromatic heterocycles. The second kappa shape index (κ2) is 14.7. The second-order valence-electron chi connectivity index (χ2n) is 15.5. The predicted molar refractivity (Wildman–Crippen MR) is 254 cm³/mol. The summed E-state index contributed by atoms with van der Waals surface area (Å²) in [6, 6.07) is 76.2. The molecule has 0 aliphatic carbocycles. The minimum atomic E-state index is 0.570. The number of hydrogen-bond donors (Lipinski definition) is 0. The van der Waals surface area contributed by atoms with Gasteiger partial charge in [-0.2, -0.15) is 0 Å². The fraction of sp³-hybridized carbons (Fsp3) is 0. The standard InChI is InChI=1S/C57H36N4O/c1-3-16-37(17-4-1)39-32-34-40(35-33-39)55-58-56(42-21-13-20-41(36-42)38-18-5-2-6-19-38)60-57(59-55)47-26-15-31-52-54(47)53-46(25-14-30-51(53)62-52)45-24-9-12-29-50(45)61-48-27-10-7-22-43(48)44-23-8-11-28-49(44)61/h1-36H. The molecule has 0 radical (unpaired) electrons. The molecule has 0 N–H and O–H groups in total. The van der Waals surface area contributed by atoms with Crippen molar-refractivity contribution in [3.63, 3.8) is 0 Å². The Balaban J connectivity index is 1.08. The van der Waals surface area contributed by atoms with Crippen molar-refractivity contribution in [2.45, 2.75) is 0 Å². The lowest BCUT2D eigenvalue weighted by molar-refractivity contribution is 0.669. The van der Waals surface area contributed by atoms with Crippen LogP contribution in [-0.4, -0.2) is 19.5 Å². The highest BCUT2D eigenvalue weighted by Crippen LogP contribution is 2.44. The molecule has 0 fully saturated rings. The highest BCUT2D eigenvalue weighted by Gasteiger charge is 2.22. The Morgan fingerprint density at radius 1 is 0.306 bits per heavy atom. The van der Waals surface area contributed by atoms with E-state index < -0.39 is 0 Å². The lowest BCUT2D eigenvalue weighted by atomic mass is 9.95. The maximum Gasteiger partial charge on any atom is 0.164 e. The third-order valence-corrected chi connectivity index (χ3v) is 11.9. The number of rotatable bonds is 7. The smallest absolute Gasteiger partial charge is 0.164 e. The molecule has 0 unspecified atom stereocenters. The van der Waals surface area contributed by atoms with Gasteiger partial charge >= 0.3 is 0 Å². The van der Waals surface area contributed by atoms with Crippen LogP contribution in [0.2, 0.25) is 0 Å². The van der Waals surface area contributed by atoms with Crippen LogP contribution in [0.15, 0.2) is 223 Å². The Kier molecular flexibility index (Phi) is 8.42. The average Bonchev–Trinajstić information content (AvgIpc) is 3.91. The van der Waals surface area contributed by atoms with E-state index in [1.165, 1.54) is 10.8 Å². The Morgan fingerprint density at radius 2 is 0.758 bits per heavy atom. The fourth-order valence-electron chi connectivity index (χ4n) is 9.02. The number of furan rings is 1. The van der Waals surface area contributed by atoms with Gasteiger partial charge in [0, 0.05) is 43.8 Å². The molecule has 0 bridgehead atoms. The van der Waals surface area contributed by atoms with Crippen molar-refractivity contribution in [1.82, 2.24) is 19.5 Å². The van der Waals surface area contributed by atoms with Crippen LogP contribution in [0.25, 0.3) is 117 Å². The summed E-state index contributed by atoms with van der Waals surface area (Å²) in [6.45, 7) is 0. The van der Waals surface area contributed by atoms with Gasteiger partial charge < -0.3 is 8.98 Å². The average molecular weight is 793 g/mol. The monoisotopic (exact) mass is 792 g/mol. The predicted octanol–water partition coefficient (Wildman–Crippen LogP) is 14.9. The molecule has 9 aromatic carbocycles. The normalized spacial score (nSPS) is 11.5. The summed E-state index contributed by atoms with van der Waals surface area (Å²) in [5.41, 5.74) is 14.3. The molecule has 0 amide bonds. The van der Waals surface area contributed by atoms with Gasteiger partial charge in [-0.25, -0.2) is 15.0 Å². The van der Waals surface area contributed by atoms with Crippen molar-refractivity contribution in [2.75, 3.05) is 0 Å². The van der Waals surface area contributed by atoms with Gasteiger partial charge in [0.1, 0.15) is 11.2 Å².